The molecule has 0 aliphatic heterocycles. The van der Waals surface area contributed by atoms with Gasteiger partial charge in [-0.05, 0) is 24.3 Å². The molecule has 0 amide bonds. The molecule has 0 aliphatic rings. The monoisotopic (exact) mass is 279 g/mol. The molecule has 82 valence electrons. The number of nitrogens with zero attached hydrogens (tertiary/aromatic N) is 2. The molecule has 0 atom stereocenters. The fourth-order valence-electron chi connectivity index (χ4n) is 1.12. The van der Waals surface area contributed by atoms with E-state index in [4.69, 9.17) is 10.5 Å². The summed E-state index contributed by atoms with van der Waals surface area (Å²) in [7, 11) is 0. The lowest BCUT2D eigenvalue weighted by Gasteiger charge is -2.04. The van der Waals surface area contributed by atoms with Crippen LogP contribution < -0.4 is 10.5 Å². The molecule has 0 unspecified atom stereocenters. The summed E-state index contributed by atoms with van der Waals surface area (Å²) in [5.74, 6) is 1.18. The Morgan fingerprint density at radius 2 is 1.88 bits per heavy atom. The van der Waals surface area contributed by atoms with Gasteiger partial charge in [0.25, 0.3) is 0 Å². The highest BCUT2D eigenvalue weighted by Crippen LogP contribution is 2.20. The highest BCUT2D eigenvalue weighted by atomic mass is 79.9. The van der Waals surface area contributed by atoms with Gasteiger partial charge in [-0.25, -0.2) is 4.98 Å². The molecule has 2 N–H and O–H groups in total. The normalized spacial score (nSPS) is 10.1. The minimum absolute atomic E-state index is 0.381. The van der Waals surface area contributed by atoms with Crippen LogP contribution >= 0.6 is 15.9 Å². The maximum atomic E-state index is 5.50. The van der Waals surface area contributed by atoms with Gasteiger partial charge in [0.05, 0.1) is 18.1 Å². The predicted octanol–water partition coefficient (Wildman–Crippen LogP) is 2.49. The number of rotatable bonds is 3. The van der Waals surface area contributed by atoms with Crippen molar-refractivity contribution in [2.75, 3.05) is 0 Å². The van der Waals surface area contributed by atoms with Crippen molar-refractivity contribution in [3.63, 3.8) is 0 Å². The van der Waals surface area contributed by atoms with Crippen molar-refractivity contribution in [2.24, 2.45) is 5.73 Å². The van der Waals surface area contributed by atoms with E-state index >= 15 is 0 Å². The van der Waals surface area contributed by atoms with E-state index in [-0.39, 0.29) is 0 Å². The summed E-state index contributed by atoms with van der Waals surface area (Å²) in [6.07, 6.45) is 3.17. The minimum Gasteiger partial charge on any atom is -0.438 e. The summed E-state index contributed by atoms with van der Waals surface area (Å²) in [5, 5.41) is 0. The van der Waals surface area contributed by atoms with Crippen LogP contribution in [0.4, 0.5) is 0 Å². The van der Waals surface area contributed by atoms with Crippen LogP contribution in [0.5, 0.6) is 11.6 Å². The molecule has 0 fully saturated rings. The Morgan fingerprint density at radius 1 is 1.12 bits per heavy atom. The smallest absolute Gasteiger partial charge is 0.237 e. The van der Waals surface area contributed by atoms with Crippen LogP contribution in [0.2, 0.25) is 0 Å². The molecule has 5 heteroatoms. The third kappa shape index (κ3) is 2.77. The maximum Gasteiger partial charge on any atom is 0.237 e. The van der Waals surface area contributed by atoms with E-state index in [1.807, 2.05) is 24.3 Å². The van der Waals surface area contributed by atoms with Crippen LogP contribution in [0.1, 0.15) is 5.69 Å². The SMILES string of the molecule is NCc1cnc(Oc2ccc(Br)cc2)cn1. The molecule has 2 aromatic rings. The topological polar surface area (TPSA) is 61.0 Å². The predicted molar refractivity (Wildman–Crippen MR) is 64.1 cm³/mol. The molecule has 1 heterocycles. The molecule has 0 bridgehead atoms. The fourth-order valence-corrected chi connectivity index (χ4v) is 1.39. The summed E-state index contributed by atoms with van der Waals surface area (Å²) in [6.45, 7) is 0.381. The maximum absolute atomic E-state index is 5.50. The average Bonchev–Trinajstić information content (AvgIpc) is 2.33. The second-order valence-corrected chi connectivity index (χ2v) is 4.02. The number of aromatic nitrogens is 2. The highest BCUT2D eigenvalue weighted by Gasteiger charge is 1.99. The van der Waals surface area contributed by atoms with E-state index in [9.17, 15) is 0 Å². The van der Waals surface area contributed by atoms with E-state index in [0.717, 1.165) is 15.9 Å². The first-order chi connectivity index (χ1) is 7.78. The number of ether oxygens (including phenoxy) is 1. The lowest BCUT2D eigenvalue weighted by Crippen LogP contribution is -2.00. The highest BCUT2D eigenvalue weighted by molar-refractivity contribution is 9.10. The first-order valence-electron chi connectivity index (χ1n) is 4.72. The van der Waals surface area contributed by atoms with Crippen LogP contribution in [0, 0.1) is 0 Å². The Kier molecular flexibility index (Phi) is 3.48. The lowest BCUT2D eigenvalue weighted by molar-refractivity contribution is 0.459. The zero-order valence-corrected chi connectivity index (χ0v) is 10.0. The van der Waals surface area contributed by atoms with Crippen LogP contribution in [-0.2, 0) is 6.54 Å². The van der Waals surface area contributed by atoms with Crippen molar-refractivity contribution >= 4 is 15.9 Å². The third-order valence-corrected chi connectivity index (χ3v) is 2.46. The number of hydrogen-bond acceptors (Lipinski definition) is 4. The molecule has 1 aromatic carbocycles. The van der Waals surface area contributed by atoms with Gasteiger partial charge in [0.2, 0.25) is 5.88 Å². The van der Waals surface area contributed by atoms with Crippen LogP contribution in [0.3, 0.4) is 0 Å². The van der Waals surface area contributed by atoms with Gasteiger partial charge in [0, 0.05) is 11.0 Å². The van der Waals surface area contributed by atoms with Gasteiger partial charge >= 0.3 is 0 Å². The molecule has 0 spiro atoms. The molecule has 2 rings (SSSR count). The van der Waals surface area contributed by atoms with Gasteiger partial charge in [0.1, 0.15) is 5.75 Å². The molecule has 0 radical (unpaired) electrons. The van der Waals surface area contributed by atoms with Crippen LogP contribution in [-0.4, -0.2) is 9.97 Å². The Labute approximate surface area is 102 Å². The van der Waals surface area contributed by atoms with Gasteiger partial charge in [-0.3, -0.25) is 4.98 Å². The van der Waals surface area contributed by atoms with Gasteiger partial charge < -0.3 is 10.5 Å². The second kappa shape index (κ2) is 5.05. The standard InChI is InChI=1S/C11H10BrN3O/c12-8-1-3-10(4-2-8)16-11-7-14-9(5-13)6-15-11/h1-4,6-7H,5,13H2. The molecule has 0 saturated heterocycles. The molecule has 1 aromatic heterocycles. The first-order valence-corrected chi connectivity index (χ1v) is 5.51. The number of hydrogen-bond donors (Lipinski definition) is 1. The van der Waals surface area contributed by atoms with E-state index < -0.39 is 0 Å². The van der Waals surface area contributed by atoms with Crippen molar-refractivity contribution < 1.29 is 4.74 Å². The summed E-state index contributed by atoms with van der Waals surface area (Å²) < 4.78 is 6.50. The van der Waals surface area contributed by atoms with E-state index in [0.29, 0.717) is 12.4 Å². The van der Waals surface area contributed by atoms with Gasteiger partial charge in [0.15, 0.2) is 0 Å². The zero-order valence-electron chi connectivity index (χ0n) is 8.43. The molecule has 0 aliphatic carbocycles. The van der Waals surface area contributed by atoms with E-state index in [1.54, 1.807) is 12.4 Å². The molecule has 4 nitrogen and oxygen atoms in total. The summed E-state index contributed by atoms with van der Waals surface area (Å²) in [5.41, 5.74) is 6.16. The van der Waals surface area contributed by atoms with Gasteiger partial charge in [-0.15, -0.1) is 0 Å². The Bertz CT molecular complexity index is 456. The Morgan fingerprint density at radius 3 is 2.44 bits per heavy atom. The Hall–Kier alpha value is -1.46. The number of benzene rings is 1. The zero-order chi connectivity index (χ0) is 11.4. The first kappa shape index (κ1) is 11.0. The molecule has 16 heavy (non-hydrogen) atoms. The third-order valence-electron chi connectivity index (χ3n) is 1.93. The van der Waals surface area contributed by atoms with Gasteiger partial charge in [-0.2, -0.15) is 0 Å². The molecular weight excluding hydrogens is 270 g/mol. The van der Waals surface area contributed by atoms with Crippen molar-refractivity contribution in [1.29, 1.82) is 0 Å². The van der Waals surface area contributed by atoms with Crippen molar-refractivity contribution in [3.05, 3.63) is 46.8 Å². The quantitative estimate of drug-likeness (QED) is 0.938. The van der Waals surface area contributed by atoms with Crippen LogP contribution in [0.15, 0.2) is 41.1 Å². The summed E-state index contributed by atoms with van der Waals surface area (Å²) in [6, 6.07) is 7.50. The fraction of sp³-hybridized carbons (Fsp3) is 0.0909. The van der Waals surface area contributed by atoms with Crippen molar-refractivity contribution in [3.8, 4) is 11.6 Å². The van der Waals surface area contributed by atoms with Crippen molar-refractivity contribution in [2.45, 2.75) is 6.54 Å². The molecular formula is C11H10BrN3O. The summed E-state index contributed by atoms with van der Waals surface area (Å²) >= 11 is 3.35. The number of halogens is 1. The van der Waals surface area contributed by atoms with E-state index in [2.05, 4.69) is 25.9 Å². The largest absolute Gasteiger partial charge is 0.438 e. The second-order valence-electron chi connectivity index (χ2n) is 3.11. The summed E-state index contributed by atoms with van der Waals surface area (Å²) in [4.78, 5) is 8.18. The van der Waals surface area contributed by atoms with E-state index in [1.165, 1.54) is 0 Å². The van der Waals surface area contributed by atoms with Crippen molar-refractivity contribution in [1.82, 2.24) is 9.97 Å². The number of nitrogens with two attached hydrogens (primary N) is 1. The van der Waals surface area contributed by atoms with Crippen LogP contribution in [0.25, 0.3) is 0 Å². The minimum atomic E-state index is 0.381. The molecule has 0 saturated carbocycles. The lowest BCUT2D eigenvalue weighted by atomic mass is 10.3. The Balaban J connectivity index is 2.11. The average molecular weight is 280 g/mol. The van der Waals surface area contributed by atoms with Gasteiger partial charge in [-0.1, -0.05) is 15.9 Å².